The first-order chi connectivity index (χ1) is 24.7. The maximum atomic E-state index is 15.0. The van der Waals surface area contributed by atoms with Gasteiger partial charge in [-0.05, 0) is 19.1 Å². The molecule has 288 valence electrons. The van der Waals surface area contributed by atoms with Crippen molar-refractivity contribution >= 4 is 47.6 Å². The highest BCUT2D eigenvalue weighted by Crippen LogP contribution is 2.67. The Kier molecular flexibility index (Phi) is 10.5. The Bertz CT molecular complexity index is 1740. The zero-order chi connectivity index (χ0) is 39.4. The van der Waals surface area contributed by atoms with Gasteiger partial charge in [0.2, 0.25) is 0 Å². The largest absolute Gasteiger partial charge is 0.465 e. The molecular weight excluding hydrogens is 702 g/mol. The average molecular weight is 746 g/mol. The van der Waals surface area contributed by atoms with Crippen molar-refractivity contribution in [3.05, 3.63) is 29.6 Å². The normalized spacial score (nSPS) is 37.5. The van der Waals surface area contributed by atoms with Gasteiger partial charge < -0.3 is 37.9 Å². The maximum Gasteiger partial charge on any atom is 0.340 e. The van der Waals surface area contributed by atoms with E-state index in [-0.39, 0.29) is 11.3 Å². The van der Waals surface area contributed by atoms with Gasteiger partial charge in [0.05, 0.1) is 23.1 Å². The van der Waals surface area contributed by atoms with Crippen LogP contribution in [0, 0.1) is 23.2 Å². The molecule has 0 radical (unpaired) electrons. The number of fused-ring (bicyclic) bond motifs is 5. The molecule has 0 N–H and O–H groups in total. The topological polar surface area (TPSA) is 223 Å². The Morgan fingerprint density at radius 2 is 1.43 bits per heavy atom. The van der Waals surface area contributed by atoms with Crippen LogP contribution in [-0.2, 0) is 71.5 Å². The molecule has 17 heteroatoms. The van der Waals surface area contributed by atoms with E-state index in [1.807, 2.05) is 0 Å². The Morgan fingerprint density at radius 3 is 2.02 bits per heavy atom. The lowest BCUT2D eigenvalue weighted by Gasteiger charge is -2.64. The number of hydrogen-bond acceptors (Lipinski definition) is 17. The summed E-state index contributed by atoms with van der Waals surface area (Å²) in [5.74, 6) is -12.1. The number of Topliss-reactive ketones (excluding diaryl/α,β-unsaturated/α-hetero) is 1. The van der Waals surface area contributed by atoms with Crippen molar-refractivity contribution in [2.75, 3.05) is 13.2 Å². The molecular formula is C36H43NO16. The minimum atomic E-state index is -2.37. The molecule has 0 aromatic carbocycles. The Labute approximate surface area is 304 Å². The highest BCUT2D eigenvalue weighted by atomic mass is 16.7. The lowest BCUT2D eigenvalue weighted by Crippen LogP contribution is -2.83. The molecule has 2 saturated carbocycles. The van der Waals surface area contributed by atoms with Crippen LogP contribution in [0.15, 0.2) is 18.3 Å². The van der Waals surface area contributed by atoms with Gasteiger partial charge in [-0.25, -0.2) is 4.79 Å². The molecule has 3 fully saturated rings. The van der Waals surface area contributed by atoms with Gasteiger partial charge in [-0.1, -0.05) is 20.8 Å². The summed E-state index contributed by atoms with van der Waals surface area (Å²) >= 11 is 0. The van der Waals surface area contributed by atoms with Gasteiger partial charge >= 0.3 is 41.8 Å². The highest BCUT2D eigenvalue weighted by Gasteiger charge is 2.88. The van der Waals surface area contributed by atoms with Gasteiger partial charge in [-0.2, -0.15) is 0 Å². The van der Waals surface area contributed by atoms with Crippen LogP contribution < -0.4 is 0 Å². The highest BCUT2D eigenvalue weighted by molar-refractivity contribution is 5.94. The number of ether oxygens (including phenoxy) is 8. The zero-order valence-corrected chi connectivity index (χ0v) is 30.8. The van der Waals surface area contributed by atoms with Crippen LogP contribution in [0.1, 0.15) is 84.3 Å². The molecule has 12 atom stereocenters. The molecule has 1 saturated heterocycles. The Morgan fingerprint density at radius 1 is 0.830 bits per heavy atom. The van der Waals surface area contributed by atoms with Gasteiger partial charge in [0.15, 0.2) is 24.1 Å². The predicted octanol–water partition coefficient (Wildman–Crippen LogP) is 1.56. The van der Waals surface area contributed by atoms with Gasteiger partial charge in [0.1, 0.15) is 42.0 Å². The first-order valence-corrected chi connectivity index (χ1v) is 17.1. The fourth-order valence-corrected chi connectivity index (χ4v) is 8.69. The molecule has 17 nitrogen and oxygen atoms in total. The number of carbonyl (C=O) groups is 8. The molecule has 2 aliphatic carbocycles. The summed E-state index contributed by atoms with van der Waals surface area (Å²) in [5.41, 5.74) is -6.33. The van der Waals surface area contributed by atoms with Crippen molar-refractivity contribution in [3.63, 3.8) is 0 Å². The molecule has 2 aliphatic heterocycles. The molecule has 1 aromatic rings. The van der Waals surface area contributed by atoms with Gasteiger partial charge in [0.25, 0.3) is 0 Å². The molecule has 4 aliphatic rings. The summed E-state index contributed by atoms with van der Waals surface area (Å²) in [6.45, 7) is 9.69. The third-order valence-corrected chi connectivity index (χ3v) is 10.9. The van der Waals surface area contributed by atoms with E-state index in [1.165, 1.54) is 39.1 Å². The summed E-state index contributed by atoms with van der Waals surface area (Å²) in [5, 5.41) is 0. The molecule has 5 rings (SSSR count). The monoisotopic (exact) mass is 745 g/mol. The Hall–Kier alpha value is -4.93. The second-order valence-corrected chi connectivity index (χ2v) is 14.3. The number of nitrogens with zero attached hydrogens (tertiary/aromatic N) is 1. The quantitative estimate of drug-likeness (QED) is 0.298. The zero-order valence-electron chi connectivity index (χ0n) is 30.8. The summed E-state index contributed by atoms with van der Waals surface area (Å²) in [7, 11) is 0. The molecule has 1 spiro atoms. The van der Waals surface area contributed by atoms with Crippen LogP contribution in [0.2, 0.25) is 0 Å². The maximum absolute atomic E-state index is 15.0. The molecule has 53 heavy (non-hydrogen) atoms. The van der Waals surface area contributed by atoms with Crippen molar-refractivity contribution in [1.29, 1.82) is 0 Å². The standard InChI is InChI=1S/C36H43NO16/c1-15-16(2)32(44)52-27-17(3)36-29(49-20(6)40)24(34(9,53-36)13-47-33(45)23-11-10-12-37-25(15)23)26(43)30(50-21(7)41)35(36,14-46-18(4)38)31(51-22(8)42)28(27)48-19(5)39/h10-12,15-17,24,27-31H,13-14H2,1-9H3/t15-,16-,17-,24-,27-,28+,29-,30-,31+,34+,35-,36-/m1/s1. The molecule has 3 heterocycles. The first kappa shape index (κ1) is 39.3. The molecule has 4 bridgehead atoms. The number of pyridine rings is 1. The fourth-order valence-electron chi connectivity index (χ4n) is 8.69. The van der Waals surface area contributed by atoms with E-state index in [0.29, 0.717) is 0 Å². The number of aromatic nitrogens is 1. The number of rotatable bonds is 6. The number of esters is 7. The lowest BCUT2D eigenvalue weighted by atomic mass is 9.46. The minimum absolute atomic E-state index is 0.00516. The van der Waals surface area contributed by atoms with Crippen LogP contribution >= 0.6 is 0 Å². The van der Waals surface area contributed by atoms with E-state index < -0.39 is 132 Å². The van der Waals surface area contributed by atoms with Crippen LogP contribution in [-0.4, -0.2) is 107 Å². The van der Waals surface area contributed by atoms with Crippen molar-refractivity contribution < 1.29 is 76.3 Å². The number of cyclic esters (lactones) is 1. The summed E-state index contributed by atoms with van der Waals surface area (Å²) in [4.78, 5) is 112. The summed E-state index contributed by atoms with van der Waals surface area (Å²) in [6, 6.07) is 2.95. The van der Waals surface area contributed by atoms with Gasteiger partial charge in [-0.15, -0.1) is 0 Å². The van der Waals surface area contributed by atoms with Crippen molar-refractivity contribution in [2.45, 2.75) is 110 Å². The number of carbonyl (C=O) groups excluding carboxylic acids is 8. The third kappa shape index (κ3) is 6.31. The lowest BCUT2D eigenvalue weighted by molar-refractivity contribution is -0.336. The molecule has 0 amide bonds. The van der Waals surface area contributed by atoms with E-state index in [2.05, 4.69) is 4.98 Å². The summed E-state index contributed by atoms with van der Waals surface area (Å²) in [6.07, 6.45) is -7.54. The van der Waals surface area contributed by atoms with Crippen molar-refractivity contribution in [3.8, 4) is 0 Å². The number of ketones is 1. The van der Waals surface area contributed by atoms with Crippen LogP contribution in [0.3, 0.4) is 0 Å². The van der Waals surface area contributed by atoms with E-state index in [4.69, 9.17) is 37.9 Å². The SMILES string of the molecule is CC(=O)OC[C@]12[C@H](OC(C)=O)C(=O)[C@@H]3[C@@H](OC(C)=O)[C@@]14O[C@@]3(C)COC(=O)c1cccnc1[C@H](C)[C@@H](C)C(=O)O[C@@H]([C@H](OC(C)=O)[C@@H]2OC(C)=O)[C@H]4C. The second-order valence-electron chi connectivity index (χ2n) is 14.3. The third-order valence-electron chi connectivity index (χ3n) is 10.9. The van der Waals surface area contributed by atoms with Crippen LogP contribution in [0.4, 0.5) is 0 Å². The van der Waals surface area contributed by atoms with E-state index >= 15 is 4.79 Å². The van der Waals surface area contributed by atoms with Crippen molar-refractivity contribution in [2.24, 2.45) is 23.2 Å². The molecule has 0 unspecified atom stereocenters. The molecule has 1 aromatic heterocycles. The van der Waals surface area contributed by atoms with E-state index in [0.717, 1.165) is 34.6 Å². The Balaban J connectivity index is 1.93. The van der Waals surface area contributed by atoms with Crippen LogP contribution in [0.25, 0.3) is 0 Å². The minimum Gasteiger partial charge on any atom is -0.465 e. The van der Waals surface area contributed by atoms with Gasteiger partial charge in [-0.3, -0.25) is 38.5 Å². The second kappa shape index (κ2) is 14.1. The smallest absolute Gasteiger partial charge is 0.340 e. The van der Waals surface area contributed by atoms with Crippen LogP contribution in [0.5, 0.6) is 0 Å². The van der Waals surface area contributed by atoms with Gasteiger partial charge in [0, 0.05) is 52.7 Å². The van der Waals surface area contributed by atoms with E-state index in [9.17, 15) is 33.6 Å². The fraction of sp³-hybridized carbons (Fsp3) is 0.639. The average Bonchev–Trinajstić information content (AvgIpc) is 3.29. The predicted molar refractivity (Wildman–Crippen MR) is 173 cm³/mol. The summed E-state index contributed by atoms with van der Waals surface area (Å²) < 4.78 is 48.0. The number of hydrogen-bond donors (Lipinski definition) is 0. The van der Waals surface area contributed by atoms with E-state index in [1.54, 1.807) is 6.92 Å². The first-order valence-electron chi connectivity index (χ1n) is 17.1. The van der Waals surface area contributed by atoms with Crippen molar-refractivity contribution in [1.82, 2.24) is 4.98 Å².